The molecule has 1 aromatic rings. The molecule has 1 amide bonds. The van der Waals surface area contributed by atoms with Crippen molar-refractivity contribution in [2.45, 2.75) is 39.2 Å². The van der Waals surface area contributed by atoms with Crippen molar-refractivity contribution in [3.8, 4) is 0 Å². The Morgan fingerprint density at radius 2 is 1.77 bits per heavy atom. The van der Waals surface area contributed by atoms with Gasteiger partial charge in [-0.25, -0.2) is 4.79 Å². The van der Waals surface area contributed by atoms with Crippen molar-refractivity contribution in [1.29, 1.82) is 0 Å². The number of likely N-dealkylation sites (tertiary alicyclic amines) is 1. The molecule has 0 unspecified atom stereocenters. The Bertz CT molecular complexity index is 696. The number of nitrogens with zero attached hydrogens (tertiary/aromatic N) is 2. The zero-order valence-corrected chi connectivity index (χ0v) is 15.3. The van der Waals surface area contributed by atoms with Gasteiger partial charge in [0.15, 0.2) is 5.78 Å². The van der Waals surface area contributed by atoms with Crippen molar-refractivity contribution < 1.29 is 19.2 Å². The molecular formula is C19H24N2O5. The normalized spacial score (nSPS) is 15.9. The highest BCUT2D eigenvalue weighted by molar-refractivity contribution is 6.04. The Kier molecular flexibility index (Phi) is 6.13. The van der Waals surface area contributed by atoms with Crippen LogP contribution in [0, 0.1) is 16.0 Å². The van der Waals surface area contributed by atoms with Gasteiger partial charge in [0.05, 0.1) is 4.92 Å². The first-order valence-electron chi connectivity index (χ1n) is 8.60. The Hall–Kier alpha value is -2.70. The number of non-ortho nitro benzene ring substituents is 1. The van der Waals surface area contributed by atoms with Crippen LogP contribution in [0.2, 0.25) is 0 Å². The van der Waals surface area contributed by atoms with Gasteiger partial charge in [-0.15, -0.1) is 0 Å². The van der Waals surface area contributed by atoms with Crippen LogP contribution in [0.3, 0.4) is 0 Å². The molecular weight excluding hydrogens is 336 g/mol. The third-order valence-corrected chi connectivity index (χ3v) is 4.07. The second kappa shape index (κ2) is 8.12. The third kappa shape index (κ3) is 5.68. The van der Waals surface area contributed by atoms with Gasteiger partial charge in [-0.3, -0.25) is 14.9 Å². The van der Waals surface area contributed by atoms with E-state index in [2.05, 4.69) is 0 Å². The maximum atomic E-state index is 12.2. The van der Waals surface area contributed by atoms with E-state index in [1.807, 2.05) is 26.8 Å². The van der Waals surface area contributed by atoms with Gasteiger partial charge in [-0.1, -0.05) is 6.08 Å². The summed E-state index contributed by atoms with van der Waals surface area (Å²) in [6, 6.07) is 5.55. The number of hydrogen-bond acceptors (Lipinski definition) is 5. The van der Waals surface area contributed by atoms with Crippen LogP contribution in [0.1, 0.15) is 44.0 Å². The van der Waals surface area contributed by atoms with Crippen molar-refractivity contribution in [3.05, 3.63) is 52.1 Å². The van der Waals surface area contributed by atoms with Gasteiger partial charge in [0, 0.05) is 30.8 Å². The number of nitro benzene ring substituents is 1. The number of ketones is 1. The lowest BCUT2D eigenvalue weighted by molar-refractivity contribution is -0.384. The number of hydrogen-bond donors (Lipinski definition) is 0. The van der Waals surface area contributed by atoms with Crippen molar-refractivity contribution in [2.24, 2.45) is 5.92 Å². The van der Waals surface area contributed by atoms with Crippen molar-refractivity contribution >= 4 is 17.6 Å². The smallest absolute Gasteiger partial charge is 0.410 e. The number of nitro groups is 1. The summed E-state index contributed by atoms with van der Waals surface area (Å²) in [6.45, 7) is 6.70. The summed E-state index contributed by atoms with van der Waals surface area (Å²) in [5.41, 5.74) is -0.136. The molecule has 7 heteroatoms. The Balaban J connectivity index is 1.85. The van der Waals surface area contributed by atoms with Crippen LogP contribution in [-0.2, 0) is 4.74 Å². The first-order valence-corrected chi connectivity index (χ1v) is 8.60. The molecule has 1 saturated heterocycles. The molecule has 140 valence electrons. The molecule has 2 rings (SSSR count). The molecule has 0 N–H and O–H groups in total. The van der Waals surface area contributed by atoms with Gasteiger partial charge in [0.2, 0.25) is 0 Å². The molecule has 1 aliphatic rings. The quantitative estimate of drug-likeness (QED) is 0.351. The lowest BCUT2D eigenvalue weighted by Crippen LogP contribution is -2.41. The lowest BCUT2D eigenvalue weighted by atomic mass is 9.95. The van der Waals surface area contributed by atoms with E-state index in [0.717, 1.165) is 12.8 Å². The predicted octanol–water partition coefficient (Wildman–Crippen LogP) is 3.98. The second-order valence-corrected chi connectivity index (χ2v) is 7.33. The first-order chi connectivity index (χ1) is 12.2. The standard InChI is InChI=1S/C19H24N2O5/c1-19(2,3)26-18(23)20-12-10-14(11-13-20)4-9-17(22)15-5-7-16(8-6-15)21(24)25/h4-9,14H,10-13H2,1-3H3. The third-order valence-electron chi connectivity index (χ3n) is 4.07. The fourth-order valence-electron chi connectivity index (χ4n) is 2.67. The fraction of sp³-hybridized carbons (Fsp3) is 0.474. The molecule has 1 heterocycles. The van der Waals surface area contributed by atoms with Crippen LogP contribution in [0.15, 0.2) is 36.4 Å². The molecule has 0 radical (unpaired) electrons. The number of carbonyl (C=O) groups excluding carboxylic acids is 2. The van der Waals surface area contributed by atoms with Crippen LogP contribution in [0.4, 0.5) is 10.5 Å². The van der Waals surface area contributed by atoms with Crippen molar-refractivity contribution in [3.63, 3.8) is 0 Å². The fourth-order valence-corrected chi connectivity index (χ4v) is 2.67. The molecule has 26 heavy (non-hydrogen) atoms. The number of benzene rings is 1. The Labute approximate surface area is 152 Å². The monoisotopic (exact) mass is 360 g/mol. The van der Waals surface area contributed by atoms with Gasteiger partial charge in [0.25, 0.3) is 5.69 Å². The van der Waals surface area contributed by atoms with E-state index in [-0.39, 0.29) is 23.5 Å². The minimum atomic E-state index is -0.509. The summed E-state index contributed by atoms with van der Waals surface area (Å²) in [5.74, 6) is 0.0326. The maximum absolute atomic E-state index is 12.2. The summed E-state index contributed by atoms with van der Waals surface area (Å²) < 4.78 is 5.36. The molecule has 0 aromatic heterocycles. The number of ether oxygens (including phenoxy) is 1. The summed E-state index contributed by atoms with van der Waals surface area (Å²) in [6.07, 6.45) is 4.60. The highest BCUT2D eigenvalue weighted by atomic mass is 16.6. The van der Waals surface area contributed by atoms with E-state index in [4.69, 9.17) is 4.74 Å². The molecule has 0 spiro atoms. The zero-order valence-electron chi connectivity index (χ0n) is 15.3. The van der Waals surface area contributed by atoms with E-state index in [0.29, 0.717) is 18.7 Å². The van der Waals surface area contributed by atoms with Gasteiger partial charge in [-0.05, 0) is 57.7 Å². The van der Waals surface area contributed by atoms with E-state index in [9.17, 15) is 19.7 Å². The van der Waals surface area contributed by atoms with E-state index in [1.165, 1.54) is 30.3 Å². The van der Waals surface area contributed by atoms with E-state index >= 15 is 0 Å². The minimum Gasteiger partial charge on any atom is -0.444 e. The van der Waals surface area contributed by atoms with Gasteiger partial charge >= 0.3 is 6.09 Å². The highest BCUT2D eigenvalue weighted by Crippen LogP contribution is 2.21. The molecule has 7 nitrogen and oxygen atoms in total. The summed E-state index contributed by atoms with van der Waals surface area (Å²) >= 11 is 0. The van der Waals surface area contributed by atoms with Crippen LogP contribution in [0.5, 0.6) is 0 Å². The Morgan fingerprint density at radius 1 is 1.19 bits per heavy atom. The van der Waals surface area contributed by atoms with Gasteiger partial charge < -0.3 is 9.64 Å². The first kappa shape index (κ1) is 19.6. The second-order valence-electron chi connectivity index (χ2n) is 7.33. The van der Waals surface area contributed by atoms with Crippen molar-refractivity contribution in [1.82, 2.24) is 4.90 Å². The van der Waals surface area contributed by atoms with E-state index < -0.39 is 10.5 Å². The molecule has 0 bridgehead atoms. The van der Waals surface area contributed by atoms with Crippen LogP contribution in [-0.4, -0.2) is 40.4 Å². The van der Waals surface area contributed by atoms with Crippen molar-refractivity contribution in [2.75, 3.05) is 13.1 Å². The molecule has 0 aliphatic carbocycles. The summed E-state index contributed by atoms with van der Waals surface area (Å²) in [4.78, 5) is 36.0. The Morgan fingerprint density at radius 3 is 2.27 bits per heavy atom. The molecule has 1 aliphatic heterocycles. The average Bonchev–Trinajstić information content (AvgIpc) is 2.58. The summed E-state index contributed by atoms with van der Waals surface area (Å²) in [7, 11) is 0. The van der Waals surface area contributed by atoms with Gasteiger partial charge in [0.1, 0.15) is 5.60 Å². The minimum absolute atomic E-state index is 0.0416. The lowest BCUT2D eigenvalue weighted by Gasteiger charge is -2.32. The van der Waals surface area contributed by atoms with Crippen LogP contribution >= 0.6 is 0 Å². The number of piperidine rings is 1. The molecule has 1 aromatic carbocycles. The molecule has 1 fully saturated rings. The largest absolute Gasteiger partial charge is 0.444 e. The predicted molar refractivity (Wildman–Crippen MR) is 97.1 cm³/mol. The molecule has 0 atom stereocenters. The highest BCUT2D eigenvalue weighted by Gasteiger charge is 2.26. The number of carbonyl (C=O) groups is 2. The average molecular weight is 360 g/mol. The van der Waals surface area contributed by atoms with E-state index in [1.54, 1.807) is 4.90 Å². The topological polar surface area (TPSA) is 89.8 Å². The zero-order chi connectivity index (χ0) is 19.3. The van der Waals surface area contributed by atoms with Crippen LogP contribution < -0.4 is 0 Å². The SMILES string of the molecule is CC(C)(C)OC(=O)N1CCC(C=CC(=O)c2ccc([N+](=O)[O-])cc2)CC1. The van der Waals surface area contributed by atoms with Gasteiger partial charge in [-0.2, -0.15) is 0 Å². The molecule has 0 saturated carbocycles. The van der Waals surface area contributed by atoms with Crippen LogP contribution in [0.25, 0.3) is 0 Å². The number of allylic oxidation sites excluding steroid dienone is 2. The number of rotatable bonds is 4. The number of amides is 1. The maximum Gasteiger partial charge on any atom is 0.410 e. The summed E-state index contributed by atoms with van der Waals surface area (Å²) in [5, 5.41) is 10.6.